The Morgan fingerprint density at radius 1 is 0.459 bits per heavy atom. The Morgan fingerprint density at radius 3 is 1.31 bits per heavy atom. The maximum atomic E-state index is 12.4. The van der Waals surface area contributed by atoms with Gasteiger partial charge in [-0.3, -0.25) is 9.59 Å². The van der Waals surface area contributed by atoms with Gasteiger partial charge in [-0.1, -0.05) is 237 Å². The van der Waals surface area contributed by atoms with Crippen molar-refractivity contribution in [1.29, 1.82) is 0 Å². The summed E-state index contributed by atoms with van der Waals surface area (Å²) in [6, 6.07) is -0.544. The van der Waals surface area contributed by atoms with Crippen LogP contribution in [0.15, 0.2) is 36.5 Å². The van der Waals surface area contributed by atoms with Crippen LogP contribution in [0.1, 0.15) is 277 Å². The third kappa shape index (κ3) is 47.4. The molecule has 3 N–H and O–H groups in total. The maximum Gasteiger partial charge on any atom is 0.305 e. The fourth-order valence-corrected chi connectivity index (χ4v) is 8.05. The number of nitrogens with one attached hydrogen (secondary N) is 1. The molecule has 0 aromatic carbocycles. The Hall–Kier alpha value is -1.92. The summed E-state index contributed by atoms with van der Waals surface area (Å²) in [5.74, 6) is -0.0876. The number of carbonyl (C=O) groups excluding carboxylic acids is 2. The molecule has 0 aromatic rings. The molecule has 0 saturated heterocycles. The van der Waals surface area contributed by atoms with Gasteiger partial charge in [0.15, 0.2) is 0 Å². The maximum absolute atomic E-state index is 12.4. The molecule has 2 unspecified atom stereocenters. The highest BCUT2D eigenvalue weighted by molar-refractivity contribution is 5.76. The van der Waals surface area contributed by atoms with E-state index in [4.69, 9.17) is 4.74 Å². The number of allylic oxidation sites excluding steroid dienone is 5. The molecule has 0 radical (unpaired) electrons. The van der Waals surface area contributed by atoms with Gasteiger partial charge in [0.1, 0.15) is 0 Å². The Kier molecular flexibility index (Phi) is 49.1. The molecule has 0 saturated carbocycles. The first-order chi connectivity index (χ1) is 30.0. The Bertz CT molecular complexity index is 993. The highest BCUT2D eigenvalue weighted by Gasteiger charge is 2.20. The van der Waals surface area contributed by atoms with E-state index in [0.29, 0.717) is 25.9 Å². The molecule has 0 bridgehead atoms. The Morgan fingerprint density at radius 2 is 0.836 bits per heavy atom. The van der Waals surface area contributed by atoms with Crippen LogP contribution in [0, 0.1) is 0 Å². The van der Waals surface area contributed by atoms with Crippen LogP contribution in [-0.4, -0.2) is 47.4 Å². The van der Waals surface area contributed by atoms with Crippen molar-refractivity contribution in [3.05, 3.63) is 36.5 Å². The summed E-state index contributed by atoms with van der Waals surface area (Å²) in [7, 11) is 0. The standard InChI is InChI=1S/C55H103NO5/c1-3-5-7-9-11-13-15-28-31-35-39-43-47-53(58)52(51-57)56-54(59)48-44-40-36-32-29-25-23-21-19-17-16-18-20-22-24-26-30-34-38-42-46-50-61-55(60)49-45-41-37-33-27-14-12-10-8-6-4-2/h10,12,26,30,38,42,52-53,57-58H,3-9,11,13-25,27-29,31-37,39-41,43-51H2,1-2H3,(H,56,59)/b12-10-,30-26-,42-38-. The number of hydrogen-bond acceptors (Lipinski definition) is 5. The van der Waals surface area contributed by atoms with E-state index in [1.807, 2.05) is 0 Å². The van der Waals surface area contributed by atoms with Gasteiger partial charge in [0.25, 0.3) is 0 Å². The monoisotopic (exact) mass is 858 g/mol. The molecule has 0 aliphatic heterocycles. The van der Waals surface area contributed by atoms with Crippen LogP contribution in [0.5, 0.6) is 0 Å². The third-order valence-electron chi connectivity index (χ3n) is 12.2. The van der Waals surface area contributed by atoms with Crippen LogP contribution < -0.4 is 5.32 Å². The highest BCUT2D eigenvalue weighted by atomic mass is 16.5. The normalized spacial score (nSPS) is 12.9. The van der Waals surface area contributed by atoms with Gasteiger partial charge in [0.2, 0.25) is 5.91 Å². The Labute approximate surface area is 379 Å². The van der Waals surface area contributed by atoms with E-state index in [1.165, 1.54) is 193 Å². The molecular formula is C55H103NO5. The topological polar surface area (TPSA) is 95.9 Å². The number of aliphatic hydroxyl groups excluding tert-OH is 2. The minimum Gasteiger partial charge on any atom is -0.465 e. The zero-order valence-corrected chi connectivity index (χ0v) is 40.6. The molecule has 0 spiro atoms. The first-order valence-electron chi connectivity index (χ1n) is 26.7. The molecule has 0 aromatic heterocycles. The van der Waals surface area contributed by atoms with E-state index in [1.54, 1.807) is 0 Å². The smallest absolute Gasteiger partial charge is 0.305 e. The van der Waals surface area contributed by atoms with E-state index < -0.39 is 12.1 Å². The summed E-state index contributed by atoms with van der Waals surface area (Å²) in [5, 5.41) is 23.2. The van der Waals surface area contributed by atoms with Gasteiger partial charge in [-0.25, -0.2) is 0 Å². The largest absolute Gasteiger partial charge is 0.465 e. The van der Waals surface area contributed by atoms with Crippen LogP contribution in [0.3, 0.4) is 0 Å². The molecule has 358 valence electrons. The van der Waals surface area contributed by atoms with Crippen molar-refractivity contribution in [2.24, 2.45) is 0 Å². The summed E-state index contributed by atoms with van der Waals surface area (Å²) in [6.07, 6.45) is 61.4. The van der Waals surface area contributed by atoms with Crippen molar-refractivity contribution in [2.45, 2.75) is 289 Å². The number of amides is 1. The van der Waals surface area contributed by atoms with Crippen LogP contribution >= 0.6 is 0 Å². The summed E-state index contributed by atoms with van der Waals surface area (Å²) in [6.45, 7) is 4.79. The molecule has 61 heavy (non-hydrogen) atoms. The number of ether oxygens (including phenoxy) is 1. The summed E-state index contributed by atoms with van der Waals surface area (Å²) in [5.41, 5.74) is 0. The van der Waals surface area contributed by atoms with E-state index >= 15 is 0 Å². The van der Waals surface area contributed by atoms with E-state index in [-0.39, 0.29) is 18.5 Å². The van der Waals surface area contributed by atoms with Gasteiger partial charge in [0, 0.05) is 12.8 Å². The molecule has 2 atom stereocenters. The molecule has 1 amide bonds. The zero-order valence-electron chi connectivity index (χ0n) is 40.6. The molecule has 0 aliphatic rings. The van der Waals surface area contributed by atoms with Crippen LogP contribution in [0.25, 0.3) is 0 Å². The van der Waals surface area contributed by atoms with Gasteiger partial charge in [0.05, 0.1) is 25.4 Å². The van der Waals surface area contributed by atoms with E-state index in [2.05, 4.69) is 55.6 Å². The second-order valence-corrected chi connectivity index (χ2v) is 18.2. The lowest BCUT2D eigenvalue weighted by molar-refractivity contribution is -0.143. The lowest BCUT2D eigenvalue weighted by atomic mass is 10.0. The summed E-state index contributed by atoms with van der Waals surface area (Å²) >= 11 is 0. The SMILES string of the molecule is CCCC/C=C\CCCCCCCC(=O)OCC/C=C\C/C=C\CCCCCCCCCCCCCCCCC(=O)NC(CO)C(O)CCCCCCCCCCCCCC. The molecule has 0 fully saturated rings. The average molecular weight is 858 g/mol. The molecule has 6 heteroatoms. The van der Waals surface area contributed by atoms with Crippen molar-refractivity contribution >= 4 is 11.9 Å². The highest BCUT2D eigenvalue weighted by Crippen LogP contribution is 2.16. The number of esters is 1. The minimum absolute atomic E-state index is 0.0408. The van der Waals surface area contributed by atoms with Crippen molar-refractivity contribution < 1.29 is 24.5 Å². The van der Waals surface area contributed by atoms with Gasteiger partial charge >= 0.3 is 5.97 Å². The minimum atomic E-state index is -0.666. The van der Waals surface area contributed by atoms with Crippen LogP contribution in [-0.2, 0) is 14.3 Å². The van der Waals surface area contributed by atoms with Crippen LogP contribution in [0.2, 0.25) is 0 Å². The first-order valence-corrected chi connectivity index (χ1v) is 26.7. The predicted octanol–water partition coefficient (Wildman–Crippen LogP) is 16.1. The molecule has 0 aliphatic carbocycles. The lowest BCUT2D eigenvalue weighted by Crippen LogP contribution is -2.45. The number of rotatable bonds is 49. The first kappa shape index (κ1) is 59.1. The van der Waals surface area contributed by atoms with E-state index in [0.717, 1.165) is 51.4 Å². The summed E-state index contributed by atoms with van der Waals surface area (Å²) < 4.78 is 5.38. The fraction of sp³-hybridized carbons (Fsp3) is 0.855. The second kappa shape index (κ2) is 50.7. The molecular weight excluding hydrogens is 755 g/mol. The fourth-order valence-electron chi connectivity index (χ4n) is 8.05. The summed E-state index contributed by atoms with van der Waals surface area (Å²) in [4.78, 5) is 24.4. The van der Waals surface area contributed by atoms with E-state index in [9.17, 15) is 19.8 Å². The quantitative estimate of drug-likeness (QED) is 0.0322. The molecule has 6 nitrogen and oxygen atoms in total. The van der Waals surface area contributed by atoms with Crippen molar-refractivity contribution in [2.75, 3.05) is 13.2 Å². The van der Waals surface area contributed by atoms with Crippen LogP contribution in [0.4, 0.5) is 0 Å². The second-order valence-electron chi connectivity index (χ2n) is 18.2. The average Bonchev–Trinajstić information content (AvgIpc) is 3.26. The molecule has 0 rings (SSSR count). The van der Waals surface area contributed by atoms with Gasteiger partial charge in [-0.2, -0.15) is 0 Å². The van der Waals surface area contributed by atoms with Crippen molar-refractivity contribution in [3.63, 3.8) is 0 Å². The Balaban J connectivity index is 3.46. The van der Waals surface area contributed by atoms with Gasteiger partial charge < -0.3 is 20.3 Å². The number of unbranched alkanes of at least 4 members (excludes halogenated alkanes) is 32. The van der Waals surface area contributed by atoms with Crippen molar-refractivity contribution in [3.8, 4) is 0 Å². The number of hydrogen-bond donors (Lipinski definition) is 3. The lowest BCUT2D eigenvalue weighted by Gasteiger charge is -2.22. The molecule has 0 heterocycles. The van der Waals surface area contributed by atoms with Gasteiger partial charge in [-0.15, -0.1) is 0 Å². The van der Waals surface area contributed by atoms with Crippen molar-refractivity contribution in [1.82, 2.24) is 5.32 Å². The zero-order chi connectivity index (χ0) is 44.4. The third-order valence-corrected chi connectivity index (χ3v) is 12.2. The number of aliphatic hydroxyl groups is 2. The predicted molar refractivity (Wildman–Crippen MR) is 264 cm³/mol. The number of carbonyl (C=O) groups is 2. The van der Waals surface area contributed by atoms with Gasteiger partial charge in [-0.05, 0) is 64.2 Å².